The Balaban J connectivity index is 1.70. The number of benzene rings is 1. The van der Waals surface area contributed by atoms with Gasteiger partial charge in [-0.3, -0.25) is 9.59 Å². The van der Waals surface area contributed by atoms with Crippen LogP contribution < -0.4 is 14.8 Å². The molecule has 0 spiro atoms. The predicted octanol–water partition coefficient (Wildman–Crippen LogP) is 3.58. The Kier molecular flexibility index (Phi) is 8.03. The standard InChI is InChI=1S/C25H30N2O6/c1-5-21(28)33-23-20(31-4)13-14-26-22(23)24(29)27-16(3)25(30)32-19-12-8-10-17-9-6-7-11-18(17)15(19)2/h6-7,9,11,13-16,19H,5,8,10,12H2,1-4H3,(H,27,29)/t15?,16-,19?/m0/s1. The summed E-state index contributed by atoms with van der Waals surface area (Å²) in [6.07, 6.45) is 3.81. The van der Waals surface area contributed by atoms with Crippen LogP contribution in [0.25, 0.3) is 0 Å². The van der Waals surface area contributed by atoms with Gasteiger partial charge in [0, 0.05) is 24.6 Å². The summed E-state index contributed by atoms with van der Waals surface area (Å²) in [6.45, 7) is 5.24. The molecular weight excluding hydrogens is 424 g/mol. The van der Waals surface area contributed by atoms with Crippen LogP contribution in [0.2, 0.25) is 0 Å². The third kappa shape index (κ3) is 5.69. The van der Waals surface area contributed by atoms with Gasteiger partial charge in [-0.25, -0.2) is 9.78 Å². The number of aryl methyl sites for hydroxylation is 1. The number of hydrogen-bond donors (Lipinski definition) is 1. The maximum Gasteiger partial charge on any atom is 0.328 e. The fraction of sp³-hybridized carbons (Fsp3) is 0.440. The quantitative estimate of drug-likeness (QED) is 0.504. The van der Waals surface area contributed by atoms with Crippen molar-refractivity contribution >= 4 is 17.8 Å². The van der Waals surface area contributed by atoms with Gasteiger partial charge in [0.05, 0.1) is 7.11 Å². The molecule has 1 aliphatic rings. The highest BCUT2D eigenvalue weighted by atomic mass is 16.6. The highest BCUT2D eigenvalue weighted by Crippen LogP contribution is 2.33. The molecule has 3 atom stereocenters. The number of amides is 1. The fourth-order valence-corrected chi connectivity index (χ4v) is 3.92. The number of methoxy groups -OCH3 is 1. The average molecular weight is 455 g/mol. The van der Waals surface area contributed by atoms with Gasteiger partial charge in [-0.15, -0.1) is 0 Å². The van der Waals surface area contributed by atoms with Crippen molar-refractivity contribution in [3.8, 4) is 11.5 Å². The summed E-state index contributed by atoms with van der Waals surface area (Å²) in [4.78, 5) is 41.5. The molecule has 1 aromatic carbocycles. The Hall–Kier alpha value is -3.42. The molecule has 0 radical (unpaired) electrons. The Morgan fingerprint density at radius 2 is 1.97 bits per heavy atom. The zero-order valence-electron chi connectivity index (χ0n) is 19.4. The number of esters is 2. The van der Waals surface area contributed by atoms with Gasteiger partial charge in [0.1, 0.15) is 12.1 Å². The van der Waals surface area contributed by atoms with Crippen molar-refractivity contribution in [3.63, 3.8) is 0 Å². The topological polar surface area (TPSA) is 104 Å². The fourth-order valence-electron chi connectivity index (χ4n) is 3.92. The minimum absolute atomic E-state index is 0.0515. The molecule has 0 saturated carbocycles. The first-order chi connectivity index (χ1) is 15.8. The van der Waals surface area contributed by atoms with E-state index in [1.54, 1.807) is 13.8 Å². The average Bonchev–Trinajstić information content (AvgIpc) is 2.97. The number of nitrogens with zero attached hydrogens (tertiary/aromatic N) is 1. The zero-order valence-corrected chi connectivity index (χ0v) is 19.4. The number of aromatic nitrogens is 1. The van der Waals surface area contributed by atoms with E-state index in [9.17, 15) is 14.4 Å². The van der Waals surface area contributed by atoms with Crippen molar-refractivity contribution < 1.29 is 28.6 Å². The molecule has 1 N–H and O–H groups in total. The van der Waals surface area contributed by atoms with Gasteiger partial charge < -0.3 is 19.5 Å². The number of ether oxygens (including phenoxy) is 3. The first kappa shape index (κ1) is 24.2. The number of pyridine rings is 1. The molecule has 1 aliphatic carbocycles. The number of fused-ring (bicyclic) bond motifs is 1. The van der Waals surface area contributed by atoms with E-state index in [1.807, 2.05) is 12.1 Å². The van der Waals surface area contributed by atoms with Crippen LogP contribution in [0.1, 0.15) is 67.6 Å². The Morgan fingerprint density at radius 1 is 1.21 bits per heavy atom. The highest BCUT2D eigenvalue weighted by Gasteiger charge is 2.30. The molecule has 0 aliphatic heterocycles. The van der Waals surface area contributed by atoms with Crippen molar-refractivity contribution in [2.45, 2.75) is 64.5 Å². The van der Waals surface area contributed by atoms with Crippen LogP contribution in [0.4, 0.5) is 0 Å². The minimum Gasteiger partial charge on any atom is -0.493 e. The molecule has 0 saturated heterocycles. The van der Waals surface area contributed by atoms with Crippen LogP contribution in [0.15, 0.2) is 36.5 Å². The SMILES string of the molecule is CCC(=O)Oc1c(OC)ccnc1C(=O)N[C@@H](C)C(=O)OC1CCCc2ccccc2C1C. The van der Waals surface area contributed by atoms with Gasteiger partial charge in [-0.2, -0.15) is 0 Å². The second-order valence-electron chi connectivity index (χ2n) is 8.07. The molecule has 2 aromatic rings. The second-order valence-corrected chi connectivity index (χ2v) is 8.07. The summed E-state index contributed by atoms with van der Waals surface area (Å²) in [6, 6.07) is 8.76. The number of rotatable bonds is 7. The molecule has 0 fully saturated rings. The summed E-state index contributed by atoms with van der Waals surface area (Å²) in [5, 5.41) is 2.60. The Bertz CT molecular complexity index is 1020. The maximum absolute atomic E-state index is 12.9. The van der Waals surface area contributed by atoms with Gasteiger partial charge in [-0.1, -0.05) is 38.1 Å². The molecule has 1 aromatic heterocycles. The summed E-state index contributed by atoms with van der Waals surface area (Å²) >= 11 is 0. The van der Waals surface area contributed by atoms with Gasteiger partial charge >= 0.3 is 11.9 Å². The van der Waals surface area contributed by atoms with Crippen molar-refractivity contribution in [2.24, 2.45) is 0 Å². The van der Waals surface area contributed by atoms with Crippen molar-refractivity contribution in [1.82, 2.24) is 10.3 Å². The molecule has 0 bridgehead atoms. The number of nitrogens with one attached hydrogen (secondary N) is 1. The van der Waals surface area contributed by atoms with Gasteiger partial charge in [0.25, 0.3) is 5.91 Å². The first-order valence-corrected chi connectivity index (χ1v) is 11.2. The van der Waals surface area contributed by atoms with Crippen LogP contribution in [0.3, 0.4) is 0 Å². The molecule has 3 rings (SSSR count). The lowest BCUT2D eigenvalue weighted by Gasteiger charge is -2.25. The van der Waals surface area contributed by atoms with E-state index >= 15 is 0 Å². The number of carbonyl (C=O) groups excluding carboxylic acids is 3. The monoisotopic (exact) mass is 454 g/mol. The molecule has 176 valence electrons. The second kappa shape index (κ2) is 10.9. The zero-order chi connectivity index (χ0) is 24.0. The van der Waals surface area contributed by atoms with Crippen LogP contribution in [0.5, 0.6) is 11.5 Å². The third-order valence-electron chi connectivity index (χ3n) is 5.81. The van der Waals surface area contributed by atoms with E-state index in [1.165, 1.54) is 30.5 Å². The van der Waals surface area contributed by atoms with E-state index in [-0.39, 0.29) is 35.6 Å². The molecule has 8 heteroatoms. The largest absolute Gasteiger partial charge is 0.493 e. The summed E-state index contributed by atoms with van der Waals surface area (Å²) in [5.74, 6) is -1.58. The van der Waals surface area contributed by atoms with E-state index < -0.39 is 23.9 Å². The highest BCUT2D eigenvalue weighted by molar-refractivity contribution is 5.98. The van der Waals surface area contributed by atoms with Crippen LogP contribution in [-0.2, 0) is 20.7 Å². The predicted molar refractivity (Wildman–Crippen MR) is 121 cm³/mol. The van der Waals surface area contributed by atoms with Crippen LogP contribution in [-0.4, -0.2) is 42.1 Å². The lowest BCUT2D eigenvalue weighted by molar-refractivity contribution is -0.152. The molecule has 33 heavy (non-hydrogen) atoms. The third-order valence-corrected chi connectivity index (χ3v) is 5.81. The van der Waals surface area contributed by atoms with Crippen molar-refractivity contribution in [1.29, 1.82) is 0 Å². The van der Waals surface area contributed by atoms with Crippen molar-refractivity contribution in [3.05, 3.63) is 53.3 Å². The maximum atomic E-state index is 12.9. The van der Waals surface area contributed by atoms with E-state index in [2.05, 4.69) is 29.4 Å². The van der Waals surface area contributed by atoms with Gasteiger partial charge in [-0.05, 0) is 37.3 Å². The Morgan fingerprint density at radius 3 is 2.70 bits per heavy atom. The lowest BCUT2D eigenvalue weighted by Crippen LogP contribution is -2.42. The molecule has 8 nitrogen and oxygen atoms in total. The number of carbonyl (C=O) groups is 3. The Labute approximate surface area is 193 Å². The molecule has 1 amide bonds. The van der Waals surface area contributed by atoms with Crippen LogP contribution >= 0.6 is 0 Å². The van der Waals surface area contributed by atoms with Crippen LogP contribution in [0, 0.1) is 0 Å². The summed E-state index contributed by atoms with van der Waals surface area (Å²) in [5.41, 5.74) is 2.32. The summed E-state index contributed by atoms with van der Waals surface area (Å²) < 4.78 is 16.3. The normalized spacial score (nSPS) is 18.3. The van der Waals surface area contributed by atoms with E-state index in [4.69, 9.17) is 14.2 Å². The molecular formula is C25H30N2O6. The van der Waals surface area contributed by atoms with E-state index in [0.29, 0.717) is 0 Å². The molecule has 1 heterocycles. The van der Waals surface area contributed by atoms with Gasteiger partial charge in [0.15, 0.2) is 11.4 Å². The van der Waals surface area contributed by atoms with Gasteiger partial charge in [0.2, 0.25) is 5.75 Å². The first-order valence-electron chi connectivity index (χ1n) is 11.2. The number of hydrogen-bond acceptors (Lipinski definition) is 7. The lowest BCUT2D eigenvalue weighted by atomic mass is 9.92. The van der Waals surface area contributed by atoms with Crippen molar-refractivity contribution in [2.75, 3.05) is 7.11 Å². The van der Waals surface area contributed by atoms with E-state index in [0.717, 1.165) is 19.3 Å². The molecule has 2 unspecified atom stereocenters. The summed E-state index contributed by atoms with van der Waals surface area (Å²) in [7, 11) is 1.40. The smallest absolute Gasteiger partial charge is 0.328 e. The minimum atomic E-state index is -0.925.